The van der Waals surface area contributed by atoms with Crippen LogP contribution in [0.3, 0.4) is 0 Å². The molecule has 4 aliphatic rings. The molecule has 0 aromatic carbocycles. The van der Waals surface area contributed by atoms with Gasteiger partial charge in [-0.05, 0) is 96.8 Å². The first-order valence-electron chi connectivity index (χ1n) is 12.0. The Hall–Kier alpha value is -2.23. The van der Waals surface area contributed by atoms with Crippen LogP contribution in [0.5, 0.6) is 0 Å². The smallest absolute Gasteiger partial charge is 0.318 e. The third kappa shape index (κ3) is 3.30. The maximum atomic E-state index is 11.5. The van der Waals surface area contributed by atoms with Gasteiger partial charge in [-0.2, -0.15) is 0 Å². The van der Waals surface area contributed by atoms with Crippen molar-refractivity contribution in [3.05, 3.63) is 47.8 Å². The van der Waals surface area contributed by atoms with Crippen LogP contribution in [-0.4, -0.2) is 16.7 Å². The minimum Gasteiger partial charge on any atom is -0.318 e. The predicted molar refractivity (Wildman–Crippen MR) is 123 cm³/mol. The molecule has 0 saturated heterocycles. The number of rotatable bonds is 3. The average Bonchev–Trinajstić information content (AvgIpc) is 3.15. The van der Waals surface area contributed by atoms with Gasteiger partial charge in [-0.15, -0.1) is 0 Å². The van der Waals surface area contributed by atoms with E-state index in [-0.39, 0.29) is 16.8 Å². The molecule has 5 rings (SSSR count). The number of fused-ring (bicyclic) bond motifs is 5. The summed E-state index contributed by atoms with van der Waals surface area (Å²) in [7, 11) is 0. The van der Waals surface area contributed by atoms with Crippen molar-refractivity contribution in [3.8, 4) is 0 Å². The molecule has 164 valence electrons. The summed E-state index contributed by atoms with van der Waals surface area (Å²) in [5.74, 6) is 2.00. The topological polar surface area (TPSA) is 51.5 Å². The van der Waals surface area contributed by atoms with E-state index < -0.39 is 0 Å². The lowest BCUT2D eigenvalue weighted by Crippen LogP contribution is -2.49. The predicted octanol–water partition coefficient (Wildman–Crippen LogP) is 6.35. The Morgan fingerprint density at radius 1 is 1.19 bits per heavy atom. The highest BCUT2D eigenvalue weighted by molar-refractivity contribution is 5.96. The Balaban J connectivity index is 1.38. The number of aromatic nitrogens is 1. The molecule has 4 aliphatic carbocycles. The first-order chi connectivity index (χ1) is 15.0. The van der Waals surface area contributed by atoms with E-state index in [9.17, 15) is 4.79 Å². The number of nitrogens with zero attached hydrogens (tertiary/aromatic N) is 2. The van der Waals surface area contributed by atoms with Crippen LogP contribution in [0.15, 0.2) is 47.4 Å². The van der Waals surface area contributed by atoms with Crippen molar-refractivity contribution < 1.29 is 9.63 Å². The fraction of sp³-hybridized carbons (Fsp3) is 0.593. The zero-order valence-electron chi connectivity index (χ0n) is 19.1. The van der Waals surface area contributed by atoms with Crippen molar-refractivity contribution in [2.75, 3.05) is 0 Å². The lowest BCUT2D eigenvalue weighted by atomic mass is 9.46. The molecule has 1 aromatic rings. The van der Waals surface area contributed by atoms with Crippen LogP contribution in [0.25, 0.3) is 5.57 Å². The minimum atomic E-state index is -0.257. The normalized spacial score (nSPS) is 37.9. The second-order valence-corrected chi connectivity index (χ2v) is 10.5. The summed E-state index contributed by atoms with van der Waals surface area (Å²) in [6.45, 7) is 6.81. The zero-order valence-corrected chi connectivity index (χ0v) is 19.1. The summed E-state index contributed by atoms with van der Waals surface area (Å²) < 4.78 is 0. The zero-order chi connectivity index (χ0) is 21.6. The van der Waals surface area contributed by atoms with Crippen molar-refractivity contribution in [3.63, 3.8) is 0 Å². The van der Waals surface area contributed by atoms with Crippen molar-refractivity contribution in [1.82, 2.24) is 4.98 Å². The molecule has 0 bridgehead atoms. The highest BCUT2D eigenvalue weighted by atomic mass is 16.7. The monoisotopic (exact) mass is 418 g/mol. The Labute approximate surface area is 185 Å². The number of carbonyl (C=O) groups excluding carboxylic acids is 1. The SMILES string of the molecule is CCC(=O)O/N=C1/C=C2CC[C@H]3[C@H](CC[C@]4(C)C(c5cccnc5)=CC[C@@H]34)[C@@]2(C)CC1. The van der Waals surface area contributed by atoms with E-state index in [0.29, 0.717) is 6.42 Å². The van der Waals surface area contributed by atoms with Crippen LogP contribution in [0.1, 0.15) is 77.7 Å². The molecule has 1 aromatic heterocycles. The molecule has 0 spiro atoms. The summed E-state index contributed by atoms with van der Waals surface area (Å²) in [5.41, 5.74) is 5.86. The summed E-state index contributed by atoms with van der Waals surface area (Å²) in [6, 6.07) is 4.30. The Morgan fingerprint density at radius 2 is 2.06 bits per heavy atom. The Morgan fingerprint density at radius 3 is 2.84 bits per heavy atom. The van der Waals surface area contributed by atoms with Crippen LogP contribution < -0.4 is 0 Å². The van der Waals surface area contributed by atoms with Gasteiger partial charge < -0.3 is 4.84 Å². The van der Waals surface area contributed by atoms with Gasteiger partial charge in [-0.25, -0.2) is 4.79 Å². The number of hydrogen-bond acceptors (Lipinski definition) is 4. The average molecular weight is 419 g/mol. The third-order valence-electron chi connectivity index (χ3n) is 9.08. The largest absolute Gasteiger partial charge is 0.334 e. The number of pyridine rings is 1. The van der Waals surface area contributed by atoms with Gasteiger partial charge in [-0.3, -0.25) is 4.98 Å². The molecule has 0 radical (unpaired) electrons. The minimum absolute atomic E-state index is 0.257. The van der Waals surface area contributed by atoms with Gasteiger partial charge in [-0.1, -0.05) is 43.6 Å². The van der Waals surface area contributed by atoms with E-state index in [0.717, 1.165) is 42.7 Å². The molecule has 5 atom stereocenters. The molecule has 0 amide bonds. The molecular weight excluding hydrogens is 384 g/mol. The molecule has 0 aliphatic heterocycles. The Kier molecular flexibility index (Phi) is 5.15. The summed E-state index contributed by atoms with van der Waals surface area (Å²) in [6.07, 6.45) is 17.2. The van der Waals surface area contributed by atoms with Gasteiger partial charge in [0.15, 0.2) is 0 Å². The van der Waals surface area contributed by atoms with E-state index >= 15 is 0 Å². The summed E-state index contributed by atoms with van der Waals surface area (Å²) >= 11 is 0. The van der Waals surface area contributed by atoms with Gasteiger partial charge in [0.05, 0.1) is 5.71 Å². The molecule has 0 N–H and O–H groups in total. The highest BCUT2D eigenvalue weighted by Crippen LogP contribution is 2.66. The van der Waals surface area contributed by atoms with Crippen LogP contribution in [0.2, 0.25) is 0 Å². The van der Waals surface area contributed by atoms with Gasteiger partial charge in [0.2, 0.25) is 0 Å². The lowest BCUT2D eigenvalue weighted by Gasteiger charge is -2.58. The maximum Gasteiger partial charge on any atom is 0.334 e. The van der Waals surface area contributed by atoms with Crippen molar-refractivity contribution in [2.45, 2.75) is 72.1 Å². The molecule has 0 unspecified atom stereocenters. The van der Waals surface area contributed by atoms with Crippen LogP contribution in [-0.2, 0) is 9.63 Å². The first kappa shape index (κ1) is 20.7. The van der Waals surface area contributed by atoms with Crippen molar-refractivity contribution in [1.29, 1.82) is 0 Å². The van der Waals surface area contributed by atoms with E-state index in [2.05, 4.69) is 48.3 Å². The standard InChI is InChI=1S/C27H34N2O2/c1-4-25(30)31-29-20-11-13-26(2)19(16-20)7-8-21-23-10-9-22(18-6-5-15-28-17-18)27(23,3)14-12-24(21)26/h5-6,9,15-17,21,23-24H,4,7-8,10-14H2,1-3H3/b29-20+/t21-,23+,24+,26+,27-/m1/s1. The van der Waals surface area contributed by atoms with Crippen molar-refractivity contribution in [2.24, 2.45) is 33.7 Å². The maximum absolute atomic E-state index is 11.5. The number of carbonyl (C=O) groups is 1. The molecule has 2 saturated carbocycles. The first-order valence-corrected chi connectivity index (χ1v) is 12.0. The molecule has 1 heterocycles. The number of oxime groups is 1. The van der Waals surface area contributed by atoms with Crippen LogP contribution >= 0.6 is 0 Å². The quantitative estimate of drug-likeness (QED) is 0.425. The molecule has 4 nitrogen and oxygen atoms in total. The van der Waals surface area contributed by atoms with Crippen LogP contribution in [0, 0.1) is 28.6 Å². The van der Waals surface area contributed by atoms with E-state index in [4.69, 9.17) is 4.84 Å². The third-order valence-corrected chi connectivity index (χ3v) is 9.08. The van der Waals surface area contributed by atoms with Crippen LogP contribution in [0.4, 0.5) is 0 Å². The second-order valence-electron chi connectivity index (χ2n) is 10.5. The summed E-state index contributed by atoms with van der Waals surface area (Å²) in [4.78, 5) is 21.0. The number of allylic oxidation sites excluding steroid dienone is 4. The van der Waals surface area contributed by atoms with E-state index in [1.807, 2.05) is 12.4 Å². The molecule has 4 heteroatoms. The highest BCUT2D eigenvalue weighted by Gasteiger charge is 2.57. The second kappa shape index (κ2) is 7.72. The van der Waals surface area contributed by atoms with E-state index in [1.165, 1.54) is 42.4 Å². The van der Waals surface area contributed by atoms with Gasteiger partial charge in [0.25, 0.3) is 0 Å². The van der Waals surface area contributed by atoms with Gasteiger partial charge in [0.1, 0.15) is 0 Å². The lowest BCUT2D eigenvalue weighted by molar-refractivity contribution is -0.143. The molecular formula is C27H34N2O2. The fourth-order valence-electron chi connectivity index (χ4n) is 7.35. The van der Waals surface area contributed by atoms with Crippen molar-refractivity contribution >= 4 is 17.3 Å². The van der Waals surface area contributed by atoms with E-state index in [1.54, 1.807) is 6.92 Å². The Bertz CT molecular complexity index is 963. The summed E-state index contributed by atoms with van der Waals surface area (Å²) in [5, 5.41) is 4.16. The number of hydrogen-bond donors (Lipinski definition) is 0. The fourth-order valence-corrected chi connectivity index (χ4v) is 7.35. The van der Waals surface area contributed by atoms with Gasteiger partial charge in [0, 0.05) is 18.8 Å². The molecule has 2 fully saturated rings. The van der Waals surface area contributed by atoms with Gasteiger partial charge >= 0.3 is 5.97 Å². The molecule has 31 heavy (non-hydrogen) atoms.